The third kappa shape index (κ3) is 3.82. The number of amides is 4. The smallest absolute Gasteiger partial charge is 0.320 e. The number of fused-ring (bicyclic) bond motifs is 1. The van der Waals surface area contributed by atoms with Crippen molar-refractivity contribution in [1.29, 1.82) is 0 Å². The normalized spacial score (nSPS) is 23.2. The lowest BCUT2D eigenvalue weighted by atomic mass is 9.89. The van der Waals surface area contributed by atoms with Gasteiger partial charge in [-0.3, -0.25) is 9.59 Å². The van der Waals surface area contributed by atoms with Crippen molar-refractivity contribution in [2.24, 2.45) is 5.73 Å². The molecule has 3 N–H and O–H groups in total. The molecule has 0 aliphatic carbocycles. The number of carbonyl (C=O) groups excluding carboxylic acids is 3. The van der Waals surface area contributed by atoms with Crippen molar-refractivity contribution in [2.75, 3.05) is 32.8 Å². The van der Waals surface area contributed by atoms with Crippen molar-refractivity contribution in [3.63, 3.8) is 0 Å². The number of primary amides is 1. The number of piperidine rings is 1. The van der Waals surface area contributed by atoms with Crippen LogP contribution in [0.5, 0.6) is 0 Å². The summed E-state index contributed by atoms with van der Waals surface area (Å²) in [5, 5.41) is 2.94. The molecule has 32 heavy (non-hydrogen) atoms. The second kappa shape index (κ2) is 8.27. The van der Waals surface area contributed by atoms with Crippen molar-refractivity contribution in [3.05, 3.63) is 59.7 Å². The van der Waals surface area contributed by atoms with Gasteiger partial charge in [0.2, 0.25) is 11.8 Å². The quantitative estimate of drug-likeness (QED) is 0.765. The van der Waals surface area contributed by atoms with Gasteiger partial charge in [-0.15, -0.1) is 0 Å². The molecule has 4 amide bonds. The fraction of sp³-hybridized carbons (Fsp3) is 0.375. The number of ether oxygens (including phenoxy) is 1. The van der Waals surface area contributed by atoms with E-state index in [4.69, 9.17) is 10.5 Å². The van der Waals surface area contributed by atoms with Crippen LogP contribution in [-0.2, 0) is 9.53 Å². The van der Waals surface area contributed by atoms with Gasteiger partial charge >= 0.3 is 6.03 Å². The molecule has 2 atom stereocenters. The zero-order chi connectivity index (χ0) is 22.2. The van der Waals surface area contributed by atoms with E-state index in [0.29, 0.717) is 31.7 Å². The Morgan fingerprint density at radius 3 is 2.50 bits per heavy atom. The molecule has 0 saturated carbocycles. The fourth-order valence-corrected chi connectivity index (χ4v) is 4.80. The summed E-state index contributed by atoms with van der Waals surface area (Å²) in [6.45, 7) is 2.58. The predicted octanol–water partition coefficient (Wildman–Crippen LogP) is 1.56. The summed E-state index contributed by atoms with van der Waals surface area (Å²) in [5.41, 5.74) is 8.93. The van der Waals surface area contributed by atoms with Gasteiger partial charge < -0.3 is 25.6 Å². The second-order valence-corrected chi connectivity index (χ2v) is 8.67. The van der Waals surface area contributed by atoms with Crippen LogP contribution in [0.15, 0.2) is 48.5 Å². The Morgan fingerprint density at radius 1 is 1.00 bits per heavy atom. The summed E-state index contributed by atoms with van der Waals surface area (Å²) in [7, 11) is 0. The number of hydrogen-bond donors (Lipinski definition) is 2. The summed E-state index contributed by atoms with van der Waals surface area (Å²) in [5.74, 6) is -0.276. The van der Waals surface area contributed by atoms with Crippen LogP contribution in [0, 0.1) is 0 Å². The van der Waals surface area contributed by atoms with Crippen LogP contribution in [0.2, 0.25) is 0 Å². The number of nitrogens with zero attached hydrogens (tertiary/aromatic N) is 2. The Labute approximate surface area is 186 Å². The highest BCUT2D eigenvalue weighted by atomic mass is 16.5. The van der Waals surface area contributed by atoms with Gasteiger partial charge in [0.25, 0.3) is 0 Å². The lowest BCUT2D eigenvalue weighted by Gasteiger charge is -2.46. The molecule has 8 nitrogen and oxygen atoms in total. The van der Waals surface area contributed by atoms with Gasteiger partial charge in [0.05, 0.1) is 12.1 Å². The molecule has 0 unspecified atom stereocenters. The van der Waals surface area contributed by atoms with E-state index in [1.54, 1.807) is 12.1 Å². The van der Waals surface area contributed by atoms with Crippen LogP contribution in [0.3, 0.4) is 0 Å². The van der Waals surface area contributed by atoms with E-state index in [2.05, 4.69) is 17.4 Å². The van der Waals surface area contributed by atoms with E-state index in [9.17, 15) is 14.4 Å². The highest BCUT2D eigenvalue weighted by Crippen LogP contribution is 2.31. The minimum absolute atomic E-state index is 0.000835. The molecule has 0 radical (unpaired) electrons. The van der Waals surface area contributed by atoms with Gasteiger partial charge in [-0.2, -0.15) is 0 Å². The standard InChI is InChI=1S/C24H26N4O4/c25-23(30)19-4-2-1-3-18(19)16-7-5-15(6-8-16)17-11-28(12-17)24(31)27-10-9-21-20(13-27)26-22(29)14-32-21/h1-8,17,20-21H,9-14H2,(H2,25,30)(H,26,29)/t20-,21+/m1/s1. The first kappa shape index (κ1) is 20.5. The number of nitrogens with two attached hydrogens (primary N) is 1. The summed E-state index contributed by atoms with van der Waals surface area (Å²) in [6, 6.07) is 15.3. The Morgan fingerprint density at radius 2 is 1.75 bits per heavy atom. The van der Waals surface area contributed by atoms with E-state index in [1.165, 1.54) is 5.56 Å². The summed E-state index contributed by atoms with van der Waals surface area (Å²) < 4.78 is 5.57. The molecule has 5 rings (SSSR count). The molecule has 166 valence electrons. The first-order valence-corrected chi connectivity index (χ1v) is 10.9. The molecule has 0 spiro atoms. The molecule has 3 aliphatic rings. The van der Waals surface area contributed by atoms with Crippen molar-refractivity contribution in [2.45, 2.75) is 24.5 Å². The number of morpholine rings is 1. The number of urea groups is 1. The summed E-state index contributed by atoms with van der Waals surface area (Å²) >= 11 is 0. The largest absolute Gasteiger partial charge is 0.366 e. The van der Waals surface area contributed by atoms with Gasteiger partial charge in [-0.05, 0) is 29.2 Å². The predicted molar refractivity (Wildman–Crippen MR) is 118 cm³/mol. The fourth-order valence-electron chi connectivity index (χ4n) is 4.80. The van der Waals surface area contributed by atoms with Gasteiger partial charge in [-0.25, -0.2) is 4.79 Å². The van der Waals surface area contributed by atoms with Gasteiger partial charge in [0, 0.05) is 37.7 Å². The zero-order valence-corrected chi connectivity index (χ0v) is 17.7. The maximum atomic E-state index is 12.9. The molecule has 2 aromatic rings. The summed E-state index contributed by atoms with van der Waals surface area (Å²) in [4.78, 5) is 39.9. The Kier molecular flexibility index (Phi) is 5.30. The average Bonchev–Trinajstić information content (AvgIpc) is 2.78. The number of likely N-dealkylation sites (tertiary alicyclic amines) is 2. The van der Waals surface area contributed by atoms with Crippen molar-refractivity contribution in [3.8, 4) is 11.1 Å². The number of nitrogens with one attached hydrogen (secondary N) is 1. The number of hydrogen-bond acceptors (Lipinski definition) is 4. The topological polar surface area (TPSA) is 105 Å². The van der Waals surface area contributed by atoms with Gasteiger partial charge in [0.1, 0.15) is 6.61 Å². The number of rotatable bonds is 3. The molecular weight excluding hydrogens is 408 g/mol. The Bertz CT molecular complexity index is 1050. The van der Waals surface area contributed by atoms with Crippen molar-refractivity contribution < 1.29 is 19.1 Å². The molecule has 3 heterocycles. The SMILES string of the molecule is NC(=O)c1ccccc1-c1ccc(C2CN(C(=O)N3CC[C@@H]4OCC(=O)N[C@@H]4C3)C2)cc1. The minimum atomic E-state index is -0.443. The third-order valence-electron chi connectivity index (χ3n) is 6.63. The molecule has 3 saturated heterocycles. The lowest BCUT2D eigenvalue weighted by Crippen LogP contribution is -2.63. The van der Waals surface area contributed by atoms with Crippen LogP contribution >= 0.6 is 0 Å². The molecular formula is C24H26N4O4. The molecule has 0 bridgehead atoms. The minimum Gasteiger partial charge on any atom is -0.366 e. The van der Waals surface area contributed by atoms with E-state index < -0.39 is 5.91 Å². The van der Waals surface area contributed by atoms with Crippen LogP contribution < -0.4 is 11.1 Å². The first-order chi connectivity index (χ1) is 15.5. The van der Waals surface area contributed by atoms with Crippen LogP contribution in [0.1, 0.15) is 28.3 Å². The Balaban J connectivity index is 1.19. The third-order valence-corrected chi connectivity index (χ3v) is 6.63. The van der Waals surface area contributed by atoms with Crippen LogP contribution in [0.4, 0.5) is 4.79 Å². The highest BCUT2D eigenvalue weighted by Gasteiger charge is 2.40. The molecule has 0 aromatic heterocycles. The van der Waals surface area contributed by atoms with E-state index >= 15 is 0 Å². The molecule has 3 aliphatic heterocycles. The van der Waals surface area contributed by atoms with Gasteiger partial charge in [-0.1, -0.05) is 42.5 Å². The zero-order valence-electron chi connectivity index (χ0n) is 17.7. The van der Waals surface area contributed by atoms with E-state index in [-0.39, 0.29) is 36.6 Å². The monoisotopic (exact) mass is 434 g/mol. The van der Waals surface area contributed by atoms with E-state index in [0.717, 1.165) is 17.5 Å². The summed E-state index contributed by atoms with van der Waals surface area (Å²) in [6.07, 6.45) is 0.737. The van der Waals surface area contributed by atoms with Crippen molar-refractivity contribution in [1.82, 2.24) is 15.1 Å². The average molecular weight is 434 g/mol. The maximum absolute atomic E-state index is 12.9. The van der Waals surface area contributed by atoms with Gasteiger partial charge in [0.15, 0.2) is 0 Å². The lowest BCUT2D eigenvalue weighted by molar-refractivity contribution is -0.139. The number of carbonyl (C=O) groups is 3. The molecule has 3 fully saturated rings. The van der Waals surface area contributed by atoms with Crippen LogP contribution in [-0.4, -0.2) is 72.6 Å². The highest BCUT2D eigenvalue weighted by molar-refractivity contribution is 5.99. The maximum Gasteiger partial charge on any atom is 0.320 e. The first-order valence-electron chi connectivity index (χ1n) is 10.9. The second-order valence-electron chi connectivity index (χ2n) is 8.67. The number of benzene rings is 2. The molecule has 8 heteroatoms. The van der Waals surface area contributed by atoms with E-state index in [1.807, 2.05) is 34.1 Å². The molecule has 2 aromatic carbocycles. The van der Waals surface area contributed by atoms with Crippen molar-refractivity contribution >= 4 is 17.8 Å². The Hall–Kier alpha value is -3.39. The van der Waals surface area contributed by atoms with Crippen LogP contribution in [0.25, 0.3) is 11.1 Å².